The minimum Gasteiger partial charge on any atom is -0.348 e. The first kappa shape index (κ1) is 12.2. The normalized spacial score (nSPS) is 25.0. The zero-order valence-electron chi connectivity index (χ0n) is 10.6. The van der Waals surface area contributed by atoms with Crippen LogP contribution >= 0.6 is 0 Å². The van der Waals surface area contributed by atoms with Crippen LogP contribution in [-0.4, -0.2) is 23.9 Å². The first-order valence-electron chi connectivity index (χ1n) is 6.63. The van der Waals surface area contributed by atoms with E-state index in [1.54, 1.807) is 18.2 Å². The lowest BCUT2D eigenvalue weighted by Gasteiger charge is -2.17. The molecule has 0 spiro atoms. The number of anilines is 1. The molecule has 1 aromatic carbocycles. The Hall–Kier alpha value is -1.88. The summed E-state index contributed by atoms with van der Waals surface area (Å²) in [5.41, 5.74) is 8.22. The lowest BCUT2D eigenvalue weighted by atomic mass is 10.1. The third-order valence-electron chi connectivity index (χ3n) is 3.88. The van der Waals surface area contributed by atoms with Crippen molar-refractivity contribution < 1.29 is 9.59 Å². The van der Waals surface area contributed by atoms with Crippen molar-refractivity contribution in [2.45, 2.75) is 37.8 Å². The van der Waals surface area contributed by atoms with Gasteiger partial charge in [0, 0.05) is 23.3 Å². The van der Waals surface area contributed by atoms with Crippen LogP contribution in [-0.2, 0) is 11.2 Å². The van der Waals surface area contributed by atoms with Gasteiger partial charge >= 0.3 is 0 Å². The van der Waals surface area contributed by atoms with Gasteiger partial charge in [-0.1, -0.05) is 0 Å². The van der Waals surface area contributed by atoms with Gasteiger partial charge in [-0.3, -0.25) is 9.59 Å². The molecular formula is C14H17N3O2. The number of hydrogen-bond donors (Lipinski definition) is 3. The highest BCUT2D eigenvalue weighted by atomic mass is 16.2. The third-order valence-corrected chi connectivity index (χ3v) is 3.88. The Morgan fingerprint density at radius 3 is 2.95 bits per heavy atom. The Kier molecular flexibility index (Phi) is 2.98. The third kappa shape index (κ3) is 2.33. The highest BCUT2D eigenvalue weighted by molar-refractivity contribution is 6.01. The number of hydrogen-bond acceptors (Lipinski definition) is 3. The number of benzene rings is 1. The fourth-order valence-electron chi connectivity index (χ4n) is 2.79. The maximum atomic E-state index is 12.2. The predicted molar refractivity (Wildman–Crippen MR) is 71.9 cm³/mol. The summed E-state index contributed by atoms with van der Waals surface area (Å²) < 4.78 is 0. The van der Waals surface area contributed by atoms with Crippen LogP contribution in [0.25, 0.3) is 0 Å². The molecule has 0 radical (unpaired) electrons. The minimum atomic E-state index is -0.107. The highest BCUT2D eigenvalue weighted by Gasteiger charge is 2.26. The van der Waals surface area contributed by atoms with E-state index in [0.29, 0.717) is 12.0 Å². The van der Waals surface area contributed by atoms with Crippen LogP contribution in [0.1, 0.15) is 35.2 Å². The van der Waals surface area contributed by atoms with Gasteiger partial charge in [-0.25, -0.2) is 0 Å². The summed E-state index contributed by atoms with van der Waals surface area (Å²) in [4.78, 5) is 23.4. The van der Waals surface area contributed by atoms with E-state index >= 15 is 0 Å². The fraction of sp³-hybridized carbons (Fsp3) is 0.429. The van der Waals surface area contributed by atoms with Gasteiger partial charge < -0.3 is 16.4 Å². The van der Waals surface area contributed by atoms with Crippen LogP contribution in [0.4, 0.5) is 5.69 Å². The maximum Gasteiger partial charge on any atom is 0.251 e. The molecule has 0 aromatic heterocycles. The molecule has 1 heterocycles. The van der Waals surface area contributed by atoms with E-state index in [2.05, 4.69) is 10.6 Å². The Bertz CT molecular complexity index is 541. The van der Waals surface area contributed by atoms with Crippen LogP contribution in [0.2, 0.25) is 0 Å². The van der Waals surface area contributed by atoms with Crippen molar-refractivity contribution in [3.63, 3.8) is 0 Å². The molecule has 19 heavy (non-hydrogen) atoms. The number of nitrogens with two attached hydrogens (primary N) is 1. The van der Waals surface area contributed by atoms with Crippen molar-refractivity contribution in [3.05, 3.63) is 29.3 Å². The number of nitrogens with one attached hydrogen (secondary N) is 2. The molecule has 1 saturated carbocycles. The van der Waals surface area contributed by atoms with E-state index < -0.39 is 0 Å². The maximum absolute atomic E-state index is 12.2. The zero-order chi connectivity index (χ0) is 13.4. The van der Waals surface area contributed by atoms with E-state index in [0.717, 1.165) is 30.5 Å². The second-order valence-electron chi connectivity index (χ2n) is 5.27. The summed E-state index contributed by atoms with van der Waals surface area (Å²) in [6.45, 7) is 0. The standard InChI is InChI=1S/C14H17N3O2/c15-10-2-1-3-12(10)17-14(19)8-4-5-11-9(6-8)7-13(18)16-11/h4-6,10,12H,1-3,7,15H2,(H,16,18)(H,17,19). The van der Waals surface area contributed by atoms with E-state index in [9.17, 15) is 9.59 Å². The summed E-state index contributed by atoms with van der Waals surface area (Å²) in [6, 6.07) is 5.43. The molecule has 2 aliphatic rings. The second-order valence-corrected chi connectivity index (χ2v) is 5.27. The highest BCUT2D eigenvalue weighted by Crippen LogP contribution is 2.24. The molecule has 4 N–H and O–H groups in total. The van der Waals surface area contributed by atoms with Crippen LogP contribution in [0, 0.1) is 0 Å². The van der Waals surface area contributed by atoms with Crippen molar-refractivity contribution in [2.75, 3.05) is 5.32 Å². The van der Waals surface area contributed by atoms with Gasteiger partial charge in [0.15, 0.2) is 0 Å². The molecule has 0 bridgehead atoms. The SMILES string of the molecule is NC1CCCC1NC(=O)c1ccc2c(c1)CC(=O)N2. The van der Waals surface area contributed by atoms with Gasteiger partial charge in [0.2, 0.25) is 5.91 Å². The molecule has 1 aromatic rings. The summed E-state index contributed by atoms with van der Waals surface area (Å²) in [7, 11) is 0. The number of carbonyl (C=O) groups is 2. The smallest absolute Gasteiger partial charge is 0.251 e. The monoisotopic (exact) mass is 259 g/mol. The van der Waals surface area contributed by atoms with Gasteiger partial charge in [-0.15, -0.1) is 0 Å². The average molecular weight is 259 g/mol. The summed E-state index contributed by atoms with van der Waals surface area (Å²) in [5.74, 6) is -0.130. The lowest BCUT2D eigenvalue weighted by molar-refractivity contribution is -0.115. The second kappa shape index (κ2) is 4.66. The first-order chi connectivity index (χ1) is 9.13. The van der Waals surface area contributed by atoms with Gasteiger partial charge in [0.25, 0.3) is 5.91 Å². The molecule has 1 aliphatic carbocycles. The van der Waals surface area contributed by atoms with Crippen molar-refractivity contribution in [1.29, 1.82) is 0 Å². The molecule has 0 saturated heterocycles. The summed E-state index contributed by atoms with van der Waals surface area (Å²) >= 11 is 0. The summed E-state index contributed by atoms with van der Waals surface area (Å²) in [5, 5.41) is 5.73. The molecule has 5 nitrogen and oxygen atoms in total. The average Bonchev–Trinajstić information content (AvgIpc) is 2.93. The fourth-order valence-corrected chi connectivity index (χ4v) is 2.79. The van der Waals surface area contributed by atoms with Crippen LogP contribution in [0.3, 0.4) is 0 Å². The van der Waals surface area contributed by atoms with Gasteiger partial charge in [-0.05, 0) is 43.0 Å². The lowest BCUT2D eigenvalue weighted by Crippen LogP contribution is -2.43. The number of carbonyl (C=O) groups excluding carboxylic acids is 2. The number of rotatable bonds is 2. The number of amides is 2. The van der Waals surface area contributed by atoms with Gasteiger partial charge in [0.05, 0.1) is 6.42 Å². The number of fused-ring (bicyclic) bond motifs is 1. The summed E-state index contributed by atoms with van der Waals surface area (Å²) in [6.07, 6.45) is 3.32. The van der Waals surface area contributed by atoms with Crippen LogP contribution < -0.4 is 16.4 Å². The van der Waals surface area contributed by atoms with Crippen LogP contribution in [0.15, 0.2) is 18.2 Å². The molecule has 1 aliphatic heterocycles. The van der Waals surface area contributed by atoms with Crippen molar-refractivity contribution in [2.24, 2.45) is 5.73 Å². The molecule has 5 heteroatoms. The zero-order valence-corrected chi connectivity index (χ0v) is 10.6. The molecule has 2 amide bonds. The van der Waals surface area contributed by atoms with E-state index in [1.807, 2.05) is 0 Å². The van der Waals surface area contributed by atoms with E-state index in [4.69, 9.17) is 5.73 Å². The first-order valence-corrected chi connectivity index (χ1v) is 6.63. The molecule has 1 fully saturated rings. The van der Waals surface area contributed by atoms with Crippen molar-refractivity contribution in [1.82, 2.24) is 5.32 Å². The molecule has 100 valence electrons. The van der Waals surface area contributed by atoms with Crippen LogP contribution in [0.5, 0.6) is 0 Å². The predicted octanol–water partition coefficient (Wildman–Crippen LogP) is 0.791. The van der Waals surface area contributed by atoms with E-state index in [1.165, 1.54) is 0 Å². The Morgan fingerprint density at radius 2 is 2.21 bits per heavy atom. The van der Waals surface area contributed by atoms with Crippen molar-refractivity contribution in [3.8, 4) is 0 Å². The molecule has 2 atom stereocenters. The Balaban J connectivity index is 1.74. The molecule has 3 rings (SSSR count). The van der Waals surface area contributed by atoms with Gasteiger partial charge in [-0.2, -0.15) is 0 Å². The quantitative estimate of drug-likeness (QED) is 0.734. The molecule has 2 unspecified atom stereocenters. The topological polar surface area (TPSA) is 84.2 Å². The molecular weight excluding hydrogens is 242 g/mol. The minimum absolute atomic E-state index is 0.0228. The Morgan fingerprint density at radius 1 is 1.37 bits per heavy atom. The van der Waals surface area contributed by atoms with Crippen molar-refractivity contribution >= 4 is 17.5 Å². The largest absolute Gasteiger partial charge is 0.348 e. The van der Waals surface area contributed by atoms with E-state index in [-0.39, 0.29) is 23.9 Å². The van der Waals surface area contributed by atoms with Gasteiger partial charge in [0.1, 0.15) is 0 Å². The Labute approximate surface area is 111 Å².